The topological polar surface area (TPSA) is 76.1 Å². The predicted octanol–water partition coefficient (Wildman–Crippen LogP) is 2.42. The number of ether oxygens (including phenoxy) is 2. The molecule has 0 unspecified atom stereocenters. The largest absolute Gasteiger partial charge is 0.494 e. The minimum Gasteiger partial charge on any atom is -0.494 e. The second-order valence-corrected chi connectivity index (χ2v) is 6.08. The zero-order valence-corrected chi connectivity index (χ0v) is 14.2. The minimum absolute atomic E-state index is 0.000828. The molecule has 0 spiro atoms. The monoisotopic (exact) mass is 335 g/mol. The maximum Gasteiger partial charge on any atom is 0.308 e. The fraction of sp³-hybridized carbons (Fsp3) is 0.556. The summed E-state index contributed by atoms with van der Waals surface area (Å²) >= 11 is 0. The van der Waals surface area contributed by atoms with Crippen LogP contribution in [0.25, 0.3) is 0 Å². The summed E-state index contributed by atoms with van der Waals surface area (Å²) in [6.07, 6.45) is 0.977. The van der Waals surface area contributed by atoms with Crippen LogP contribution >= 0.6 is 0 Å². The Balaban J connectivity index is 1.68. The maximum atomic E-state index is 12.1. The van der Waals surface area contributed by atoms with E-state index in [0.29, 0.717) is 39.1 Å². The molecule has 1 aliphatic heterocycles. The van der Waals surface area contributed by atoms with Gasteiger partial charge < -0.3 is 19.5 Å². The van der Waals surface area contributed by atoms with E-state index in [-0.39, 0.29) is 11.8 Å². The van der Waals surface area contributed by atoms with Crippen molar-refractivity contribution in [2.45, 2.75) is 26.7 Å². The molecule has 0 radical (unpaired) electrons. The summed E-state index contributed by atoms with van der Waals surface area (Å²) in [6.45, 7) is 5.72. The molecule has 1 aliphatic rings. The van der Waals surface area contributed by atoms with Crippen LogP contribution in [0.5, 0.6) is 11.5 Å². The van der Waals surface area contributed by atoms with Gasteiger partial charge >= 0.3 is 5.97 Å². The van der Waals surface area contributed by atoms with Crippen molar-refractivity contribution in [3.63, 3.8) is 0 Å². The number of rotatable bonds is 8. The number of carbonyl (C=O) groups excluding carboxylic acids is 1. The lowest BCUT2D eigenvalue weighted by Gasteiger charge is -2.16. The summed E-state index contributed by atoms with van der Waals surface area (Å²) < 4.78 is 11.0. The summed E-state index contributed by atoms with van der Waals surface area (Å²) in [5, 5.41) is 9.11. The van der Waals surface area contributed by atoms with E-state index in [1.165, 1.54) is 0 Å². The molecule has 0 aliphatic carbocycles. The lowest BCUT2D eigenvalue weighted by atomic mass is 9.99. The third-order valence-corrected chi connectivity index (χ3v) is 4.22. The molecule has 6 heteroatoms. The van der Waals surface area contributed by atoms with Crippen molar-refractivity contribution in [3.05, 3.63) is 24.3 Å². The molecule has 0 bridgehead atoms. The van der Waals surface area contributed by atoms with E-state index < -0.39 is 11.9 Å². The zero-order chi connectivity index (χ0) is 17.5. The Bertz CT molecular complexity index is 557. The van der Waals surface area contributed by atoms with Crippen molar-refractivity contribution in [2.24, 2.45) is 11.8 Å². The smallest absolute Gasteiger partial charge is 0.308 e. The summed E-state index contributed by atoms with van der Waals surface area (Å²) in [5.74, 6) is 0.279. The van der Waals surface area contributed by atoms with Crippen LogP contribution in [0.4, 0.5) is 0 Å². The summed E-state index contributed by atoms with van der Waals surface area (Å²) in [4.78, 5) is 24.9. The van der Waals surface area contributed by atoms with Gasteiger partial charge in [-0.15, -0.1) is 0 Å². The Morgan fingerprint density at radius 2 is 1.79 bits per heavy atom. The van der Waals surface area contributed by atoms with Gasteiger partial charge in [-0.3, -0.25) is 9.59 Å². The average molecular weight is 335 g/mol. The lowest BCUT2D eigenvalue weighted by molar-refractivity contribution is -0.142. The number of carboxylic acids is 1. The summed E-state index contributed by atoms with van der Waals surface area (Å²) in [7, 11) is 0. The summed E-state index contributed by atoms with van der Waals surface area (Å²) in [5.41, 5.74) is 0. The quantitative estimate of drug-likeness (QED) is 0.738. The molecular formula is C18H25NO5. The third kappa shape index (κ3) is 4.88. The van der Waals surface area contributed by atoms with Gasteiger partial charge in [0.15, 0.2) is 0 Å². The van der Waals surface area contributed by atoms with Crippen molar-refractivity contribution in [2.75, 3.05) is 26.3 Å². The van der Waals surface area contributed by atoms with Gasteiger partial charge in [-0.2, -0.15) is 0 Å². The Hall–Kier alpha value is -2.24. The minimum atomic E-state index is -0.823. The van der Waals surface area contributed by atoms with E-state index in [1.807, 2.05) is 38.1 Å². The van der Waals surface area contributed by atoms with Crippen molar-refractivity contribution in [1.82, 2.24) is 4.90 Å². The number of carboxylic acid groups (broad SMARTS) is 1. The first kappa shape index (κ1) is 18.1. The maximum absolute atomic E-state index is 12.1. The van der Waals surface area contributed by atoms with Crippen LogP contribution in [0.3, 0.4) is 0 Å². The number of benzene rings is 1. The molecule has 2 atom stereocenters. The van der Waals surface area contributed by atoms with Crippen molar-refractivity contribution in [1.29, 1.82) is 0 Å². The van der Waals surface area contributed by atoms with Gasteiger partial charge in [-0.1, -0.05) is 6.92 Å². The highest BCUT2D eigenvalue weighted by Crippen LogP contribution is 2.24. The van der Waals surface area contributed by atoms with E-state index in [9.17, 15) is 9.59 Å². The van der Waals surface area contributed by atoms with Crippen molar-refractivity contribution < 1.29 is 24.2 Å². The predicted molar refractivity (Wildman–Crippen MR) is 89.2 cm³/mol. The number of likely N-dealkylation sites (tertiary alicyclic amines) is 1. The highest BCUT2D eigenvalue weighted by molar-refractivity contribution is 5.78. The van der Waals surface area contributed by atoms with Gasteiger partial charge in [0.2, 0.25) is 5.91 Å². The first-order chi connectivity index (χ1) is 11.5. The van der Waals surface area contributed by atoms with Crippen LogP contribution in [0.15, 0.2) is 24.3 Å². The number of carbonyl (C=O) groups is 2. The molecule has 24 heavy (non-hydrogen) atoms. The van der Waals surface area contributed by atoms with Gasteiger partial charge in [0.1, 0.15) is 11.5 Å². The molecule has 1 aromatic carbocycles. The van der Waals surface area contributed by atoms with Crippen LogP contribution in [0, 0.1) is 11.8 Å². The Morgan fingerprint density at radius 3 is 2.33 bits per heavy atom. The first-order valence-corrected chi connectivity index (χ1v) is 8.37. The van der Waals surface area contributed by atoms with E-state index in [4.69, 9.17) is 14.6 Å². The molecular weight excluding hydrogens is 310 g/mol. The highest BCUT2D eigenvalue weighted by Gasteiger charge is 2.36. The van der Waals surface area contributed by atoms with Gasteiger partial charge in [-0.05, 0) is 43.5 Å². The SMILES string of the molecule is CCOc1ccc(OCCCC(=O)N2C[C@@H](C)[C@H](C(=O)O)C2)cc1. The first-order valence-electron chi connectivity index (χ1n) is 8.37. The van der Waals surface area contributed by atoms with Crippen LogP contribution in [-0.4, -0.2) is 48.2 Å². The second kappa shape index (κ2) is 8.57. The molecule has 2 rings (SSSR count). The molecule has 6 nitrogen and oxygen atoms in total. The van der Waals surface area contributed by atoms with Crippen LogP contribution in [0.1, 0.15) is 26.7 Å². The standard InChI is InChI=1S/C18H25NO5/c1-3-23-14-6-8-15(9-7-14)24-10-4-5-17(20)19-11-13(2)16(12-19)18(21)22/h6-9,13,16H,3-5,10-12H2,1-2H3,(H,21,22)/t13-,16-/m1/s1. The molecule has 1 N–H and O–H groups in total. The number of nitrogens with zero attached hydrogens (tertiary/aromatic N) is 1. The molecule has 0 saturated carbocycles. The number of hydrogen-bond acceptors (Lipinski definition) is 4. The number of amides is 1. The van der Waals surface area contributed by atoms with Gasteiger partial charge in [0.25, 0.3) is 0 Å². The van der Waals surface area contributed by atoms with Crippen LogP contribution < -0.4 is 9.47 Å². The Morgan fingerprint density at radius 1 is 1.17 bits per heavy atom. The molecule has 1 saturated heterocycles. The van der Waals surface area contributed by atoms with Gasteiger partial charge in [0.05, 0.1) is 19.1 Å². The molecule has 1 heterocycles. The van der Waals surface area contributed by atoms with Gasteiger partial charge in [-0.25, -0.2) is 0 Å². The van der Waals surface area contributed by atoms with E-state index >= 15 is 0 Å². The lowest BCUT2D eigenvalue weighted by Crippen LogP contribution is -2.30. The van der Waals surface area contributed by atoms with Crippen molar-refractivity contribution in [3.8, 4) is 11.5 Å². The van der Waals surface area contributed by atoms with E-state index in [0.717, 1.165) is 11.5 Å². The van der Waals surface area contributed by atoms with E-state index in [2.05, 4.69) is 0 Å². The molecule has 1 fully saturated rings. The normalized spacial score (nSPS) is 20.0. The zero-order valence-electron chi connectivity index (χ0n) is 14.2. The Kier molecular flexibility index (Phi) is 6.46. The van der Waals surface area contributed by atoms with Gasteiger partial charge in [0, 0.05) is 19.5 Å². The fourth-order valence-corrected chi connectivity index (χ4v) is 2.86. The summed E-state index contributed by atoms with van der Waals surface area (Å²) in [6, 6.07) is 7.38. The number of hydrogen-bond donors (Lipinski definition) is 1. The Labute approximate surface area is 142 Å². The second-order valence-electron chi connectivity index (χ2n) is 6.08. The molecule has 132 valence electrons. The highest BCUT2D eigenvalue weighted by atomic mass is 16.5. The van der Waals surface area contributed by atoms with Crippen LogP contribution in [0.2, 0.25) is 0 Å². The average Bonchev–Trinajstić information content (AvgIpc) is 2.95. The van der Waals surface area contributed by atoms with Crippen molar-refractivity contribution >= 4 is 11.9 Å². The third-order valence-electron chi connectivity index (χ3n) is 4.22. The molecule has 1 amide bonds. The number of aliphatic carboxylic acids is 1. The van der Waals surface area contributed by atoms with E-state index in [1.54, 1.807) is 4.90 Å². The fourth-order valence-electron chi connectivity index (χ4n) is 2.86. The molecule has 0 aromatic heterocycles. The van der Waals surface area contributed by atoms with Crippen LogP contribution in [-0.2, 0) is 9.59 Å². The molecule has 1 aromatic rings.